The van der Waals surface area contributed by atoms with Gasteiger partial charge in [0.2, 0.25) is 0 Å². The lowest BCUT2D eigenvalue weighted by atomic mass is 9.89. The minimum absolute atomic E-state index is 0.194. The number of urea groups is 1. The minimum Gasteiger partial charge on any atom is -0.479 e. The third-order valence-electron chi connectivity index (χ3n) is 7.85. The zero-order valence-electron chi connectivity index (χ0n) is 28.1. The molecule has 0 spiro atoms. The maximum absolute atomic E-state index is 14.0. The van der Waals surface area contributed by atoms with Crippen LogP contribution in [0, 0.1) is 5.92 Å². The van der Waals surface area contributed by atoms with Crippen LogP contribution in [0.4, 0.5) is 16.2 Å². The second kappa shape index (κ2) is 16.4. The number of carbonyl (C=O) groups is 3. The van der Waals surface area contributed by atoms with Crippen LogP contribution in [-0.4, -0.2) is 43.8 Å². The van der Waals surface area contributed by atoms with E-state index in [2.05, 4.69) is 21.2 Å². The number of carbonyl (C=O) groups excluding carboxylic acids is 3. The molecule has 1 aromatic heterocycles. The molecule has 2 amide bonds. The Bertz CT molecular complexity index is 1750. The van der Waals surface area contributed by atoms with Crippen LogP contribution >= 0.6 is 27.3 Å². The summed E-state index contributed by atoms with van der Waals surface area (Å²) in [5.74, 6) is 0.809. The third-order valence-corrected chi connectivity index (χ3v) is 10.1. The first-order valence-electron chi connectivity index (χ1n) is 16.3. The number of nitrogens with zero attached hydrogens (tertiary/aromatic N) is 1. The fourth-order valence-corrected chi connectivity index (χ4v) is 7.58. The van der Waals surface area contributed by atoms with Crippen LogP contribution in [0.15, 0.2) is 83.3 Å². The van der Waals surface area contributed by atoms with E-state index >= 15 is 0 Å². The smallest absolute Gasteiger partial charge is 0.351 e. The van der Waals surface area contributed by atoms with E-state index in [9.17, 15) is 14.4 Å². The van der Waals surface area contributed by atoms with E-state index in [4.69, 9.17) is 18.9 Å². The molecule has 1 aliphatic rings. The predicted molar refractivity (Wildman–Crippen MR) is 196 cm³/mol. The Labute approximate surface area is 299 Å². The first kappa shape index (κ1) is 35.9. The van der Waals surface area contributed by atoms with Crippen molar-refractivity contribution in [3.05, 3.63) is 88.2 Å². The fraction of sp³-hybridized carbons (Fsp3) is 0.342. The summed E-state index contributed by atoms with van der Waals surface area (Å²) >= 11 is 4.79. The number of benzene rings is 3. The van der Waals surface area contributed by atoms with Crippen molar-refractivity contribution < 1.29 is 33.3 Å². The van der Waals surface area contributed by atoms with E-state index < -0.39 is 17.5 Å². The summed E-state index contributed by atoms with van der Waals surface area (Å²) < 4.78 is 22.6. The Kier molecular flexibility index (Phi) is 12.0. The monoisotopic (exact) mass is 748 g/mol. The van der Waals surface area contributed by atoms with Gasteiger partial charge in [-0.25, -0.2) is 14.4 Å². The number of para-hydroxylation sites is 1. The average molecular weight is 750 g/mol. The van der Waals surface area contributed by atoms with Crippen LogP contribution in [0.3, 0.4) is 0 Å². The molecule has 5 rings (SSSR count). The van der Waals surface area contributed by atoms with Crippen molar-refractivity contribution in [2.75, 3.05) is 30.5 Å². The van der Waals surface area contributed by atoms with Crippen LogP contribution in [-0.2, 0) is 14.3 Å². The van der Waals surface area contributed by atoms with Gasteiger partial charge >= 0.3 is 18.0 Å². The lowest BCUT2D eigenvalue weighted by Gasteiger charge is -2.30. The first-order valence-corrected chi connectivity index (χ1v) is 17.9. The molecule has 0 unspecified atom stereocenters. The van der Waals surface area contributed by atoms with Crippen LogP contribution in [0.5, 0.6) is 17.2 Å². The van der Waals surface area contributed by atoms with E-state index in [0.29, 0.717) is 38.9 Å². The standard InChI is InChI=1S/C38H41BrN2O7S/c1-38(2,3)48-31(42)24-46-33-32(39)34(49-35(33)36(43)45-4)26-14-11-15-28(22-26)41(23-25-12-7-5-8-13-25)37(44)40-27-18-20-30(21-19-27)47-29-16-9-6-10-17-29/h6,9-11,14-22,25H,5,7-8,12-13,23-24H2,1-4H3,(H,40,44). The van der Waals surface area contributed by atoms with Gasteiger partial charge in [-0.2, -0.15) is 0 Å². The Balaban J connectivity index is 1.40. The zero-order valence-corrected chi connectivity index (χ0v) is 30.5. The van der Waals surface area contributed by atoms with Gasteiger partial charge in [-0.15, -0.1) is 11.3 Å². The van der Waals surface area contributed by atoms with Crippen LogP contribution in [0.2, 0.25) is 0 Å². The maximum atomic E-state index is 14.0. The van der Waals surface area contributed by atoms with Crippen molar-refractivity contribution in [1.29, 1.82) is 0 Å². The number of thiophene rings is 1. The number of anilines is 2. The molecule has 49 heavy (non-hydrogen) atoms. The van der Waals surface area contributed by atoms with Crippen LogP contribution in [0.25, 0.3) is 10.4 Å². The highest BCUT2D eigenvalue weighted by Crippen LogP contribution is 2.46. The molecule has 1 fully saturated rings. The number of esters is 2. The highest BCUT2D eigenvalue weighted by atomic mass is 79.9. The summed E-state index contributed by atoms with van der Waals surface area (Å²) in [4.78, 5) is 41.8. The highest BCUT2D eigenvalue weighted by molar-refractivity contribution is 9.10. The van der Waals surface area contributed by atoms with Gasteiger partial charge in [0.1, 0.15) is 17.1 Å². The van der Waals surface area contributed by atoms with E-state index in [1.807, 2.05) is 78.9 Å². The number of methoxy groups -OCH3 is 1. The summed E-state index contributed by atoms with van der Waals surface area (Å²) in [5.41, 5.74) is 1.43. The number of hydrogen-bond acceptors (Lipinski definition) is 8. The van der Waals surface area contributed by atoms with Gasteiger partial charge in [0.15, 0.2) is 17.2 Å². The highest BCUT2D eigenvalue weighted by Gasteiger charge is 2.28. The number of hydrogen-bond donors (Lipinski definition) is 1. The molecule has 11 heteroatoms. The van der Waals surface area contributed by atoms with Gasteiger partial charge in [-0.1, -0.05) is 49.6 Å². The van der Waals surface area contributed by atoms with E-state index in [-0.39, 0.29) is 23.3 Å². The molecule has 0 aliphatic heterocycles. The van der Waals surface area contributed by atoms with Crippen LogP contribution < -0.4 is 19.7 Å². The second-order valence-corrected chi connectivity index (χ2v) is 14.6. The third kappa shape index (κ3) is 9.86. The summed E-state index contributed by atoms with van der Waals surface area (Å²) in [6.07, 6.45) is 5.63. The molecule has 0 atom stereocenters. The van der Waals surface area contributed by atoms with E-state index in [0.717, 1.165) is 37.0 Å². The molecule has 0 bridgehead atoms. The maximum Gasteiger partial charge on any atom is 0.351 e. The quantitative estimate of drug-likeness (QED) is 0.152. The molecular formula is C38H41BrN2O7S. The molecular weight excluding hydrogens is 708 g/mol. The van der Waals surface area contributed by atoms with Gasteiger partial charge in [0, 0.05) is 17.9 Å². The molecule has 3 aromatic carbocycles. The Morgan fingerprint density at radius 1 is 0.918 bits per heavy atom. The minimum atomic E-state index is -0.681. The SMILES string of the molecule is COC(=O)c1sc(-c2cccc(N(CC3CCCCC3)C(=O)Nc3ccc(Oc4ccccc4)cc3)c2)c(Br)c1OCC(=O)OC(C)(C)C. The molecule has 1 N–H and O–H groups in total. The molecule has 0 saturated heterocycles. The van der Waals surface area contributed by atoms with Crippen molar-refractivity contribution in [3.8, 4) is 27.7 Å². The molecule has 1 heterocycles. The molecule has 4 aromatic rings. The first-order chi connectivity index (χ1) is 23.5. The van der Waals surface area contributed by atoms with Crippen molar-refractivity contribution in [2.24, 2.45) is 5.92 Å². The van der Waals surface area contributed by atoms with Crippen LogP contribution in [0.1, 0.15) is 62.5 Å². The number of ether oxygens (including phenoxy) is 4. The van der Waals surface area contributed by atoms with Gasteiger partial charge in [0.05, 0.1) is 16.5 Å². The average Bonchev–Trinajstić information content (AvgIpc) is 3.42. The Morgan fingerprint density at radius 3 is 2.29 bits per heavy atom. The Morgan fingerprint density at radius 2 is 1.61 bits per heavy atom. The number of rotatable bonds is 11. The number of nitrogens with one attached hydrogen (secondary N) is 1. The van der Waals surface area contributed by atoms with Crippen molar-refractivity contribution in [2.45, 2.75) is 58.5 Å². The predicted octanol–water partition coefficient (Wildman–Crippen LogP) is 10.1. The number of halogens is 1. The van der Waals surface area contributed by atoms with E-state index in [1.54, 1.807) is 25.7 Å². The lowest BCUT2D eigenvalue weighted by Crippen LogP contribution is -2.39. The summed E-state index contributed by atoms with van der Waals surface area (Å²) in [7, 11) is 1.29. The van der Waals surface area contributed by atoms with Gasteiger partial charge in [0.25, 0.3) is 0 Å². The molecule has 1 aliphatic carbocycles. The van der Waals surface area contributed by atoms with Crippen molar-refractivity contribution >= 4 is 56.6 Å². The van der Waals surface area contributed by atoms with Crippen molar-refractivity contribution in [3.63, 3.8) is 0 Å². The largest absolute Gasteiger partial charge is 0.479 e. The zero-order chi connectivity index (χ0) is 35.0. The van der Waals surface area contributed by atoms with Gasteiger partial charge in [-0.3, -0.25) is 4.90 Å². The Hall–Kier alpha value is -4.35. The van der Waals surface area contributed by atoms with Gasteiger partial charge < -0.3 is 24.3 Å². The van der Waals surface area contributed by atoms with E-state index in [1.165, 1.54) is 24.9 Å². The molecule has 1 saturated carbocycles. The van der Waals surface area contributed by atoms with Gasteiger partial charge in [-0.05, 0) is 110 Å². The molecule has 9 nitrogen and oxygen atoms in total. The van der Waals surface area contributed by atoms with Crippen molar-refractivity contribution in [1.82, 2.24) is 0 Å². The molecule has 258 valence electrons. The summed E-state index contributed by atoms with van der Waals surface area (Å²) in [5, 5.41) is 3.07. The lowest BCUT2D eigenvalue weighted by molar-refractivity contribution is -0.157. The topological polar surface area (TPSA) is 103 Å². The normalized spacial score (nSPS) is 13.3. The number of amides is 2. The second-order valence-electron chi connectivity index (χ2n) is 12.8. The summed E-state index contributed by atoms with van der Waals surface area (Å²) in [6.45, 7) is 5.49. The molecule has 0 radical (unpaired) electrons. The summed E-state index contributed by atoms with van der Waals surface area (Å²) in [6, 6.07) is 24.2. The fourth-order valence-electron chi connectivity index (χ4n) is 5.61.